The molecule has 0 atom stereocenters. The van der Waals surface area contributed by atoms with E-state index in [1.807, 2.05) is 24.4 Å². The van der Waals surface area contributed by atoms with Gasteiger partial charge in [0.05, 0.1) is 5.69 Å². The van der Waals surface area contributed by atoms with Crippen LogP contribution < -0.4 is 4.90 Å². The normalized spacial score (nSPS) is 15.5. The van der Waals surface area contributed by atoms with E-state index in [0.29, 0.717) is 11.5 Å². The lowest BCUT2D eigenvalue weighted by molar-refractivity contribution is 0.246. The predicted octanol–water partition coefficient (Wildman–Crippen LogP) is 3.20. The van der Waals surface area contributed by atoms with E-state index < -0.39 is 0 Å². The molecule has 0 spiro atoms. The summed E-state index contributed by atoms with van der Waals surface area (Å²) in [4.78, 5) is 13.5. The Labute approximate surface area is 145 Å². The Morgan fingerprint density at radius 1 is 1.04 bits per heavy atom. The molecule has 0 bridgehead atoms. The van der Waals surface area contributed by atoms with Gasteiger partial charge in [-0.1, -0.05) is 12.1 Å². The van der Waals surface area contributed by atoms with Crippen LogP contribution in [0.3, 0.4) is 0 Å². The summed E-state index contributed by atoms with van der Waals surface area (Å²) in [5.41, 5.74) is 1.52. The van der Waals surface area contributed by atoms with E-state index in [1.165, 1.54) is 12.1 Å². The lowest BCUT2D eigenvalue weighted by Gasteiger charge is -2.34. The first kappa shape index (κ1) is 15.8. The maximum Gasteiger partial charge on any atom is 0.226 e. The summed E-state index contributed by atoms with van der Waals surface area (Å²) in [6.45, 7) is 4.49. The quantitative estimate of drug-likeness (QED) is 0.731. The first-order chi connectivity index (χ1) is 12.3. The van der Waals surface area contributed by atoms with E-state index in [2.05, 4.69) is 19.8 Å². The van der Waals surface area contributed by atoms with Gasteiger partial charge in [0.15, 0.2) is 0 Å². The molecule has 0 saturated carbocycles. The fourth-order valence-corrected chi connectivity index (χ4v) is 3.04. The highest BCUT2D eigenvalue weighted by atomic mass is 19.1. The average Bonchev–Trinajstić information content (AvgIpc) is 3.12. The number of anilines is 1. The highest BCUT2D eigenvalue weighted by Gasteiger charge is 2.19. The van der Waals surface area contributed by atoms with E-state index in [1.54, 1.807) is 18.4 Å². The number of benzene rings is 1. The van der Waals surface area contributed by atoms with E-state index in [-0.39, 0.29) is 5.82 Å². The molecule has 3 heterocycles. The summed E-state index contributed by atoms with van der Waals surface area (Å²) in [5, 5.41) is 0. The van der Waals surface area contributed by atoms with Gasteiger partial charge in [-0.2, -0.15) is 0 Å². The number of halogens is 1. The number of nitrogens with zero attached hydrogens (tertiary/aromatic N) is 4. The van der Waals surface area contributed by atoms with Gasteiger partial charge in [0.25, 0.3) is 0 Å². The average molecular weight is 338 g/mol. The van der Waals surface area contributed by atoms with Crippen LogP contribution in [0.15, 0.2) is 59.3 Å². The van der Waals surface area contributed by atoms with Crippen LogP contribution in [0.4, 0.5) is 10.2 Å². The first-order valence-corrected chi connectivity index (χ1v) is 8.36. The molecular weight excluding hydrogens is 319 g/mol. The molecule has 6 heteroatoms. The van der Waals surface area contributed by atoms with Crippen molar-refractivity contribution in [2.24, 2.45) is 0 Å². The van der Waals surface area contributed by atoms with Crippen molar-refractivity contribution in [3.8, 4) is 11.5 Å². The van der Waals surface area contributed by atoms with Gasteiger partial charge in [-0.25, -0.2) is 14.4 Å². The fourth-order valence-electron chi connectivity index (χ4n) is 3.04. The van der Waals surface area contributed by atoms with E-state index >= 15 is 0 Å². The van der Waals surface area contributed by atoms with Gasteiger partial charge in [-0.15, -0.1) is 0 Å². The molecule has 0 N–H and O–H groups in total. The van der Waals surface area contributed by atoms with Crippen molar-refractivity contribution in [1.82, 2.24) is 14.9 Å². The van der Waals surface area contributed by atoms with Crippen molar-refractivity contribution in [2.75, 3.05) is 31.1 Å². The van der Waals surface area contributed by atoms with Crippen LogP contribution in [0.2, 0.25) is 0 Å². The van der Waals surface area contributed by atoms with Gasteiger partial charge in [-0.05, 0) is 30.3 Å². The summed E-state index contributed by atoms with van der Waals surface area (Å²) >= 11 is 0. The molecule has 0 amide bonds. The smallest absolute Gasteiger partial charge is 0.226 e. The molecule has 0 radical (unpaired) electrons. The molecule has 1 saturated heterocycles. The molecule has 0 aliphatic carbocycles. The van der Waals surface area contributed by atoms with Crippen molar-refractivity contribution in [2.45, 2.75) is 6.54 Å². The van der Waals surface area contributed by atoms with Crippen molar-refractivity contribution in [3.05, 3.63) is 66.4 Å². The lowest BCUT2D eigenvalue weighted by atomic mass is 10.2. The molecule has 1 aliphatic rings. The minimum atomic E-state index is -0.289. The Balaban J connectivity index is 1.36. The van der Waals surface area contributed by atoms with E-state index in [4.69, 9.17) is 4.42 Å². The van der Waals surface area contributed by atoms with Crippen LogP contribution in [-0.2, 0) is 6.54 Å². The Kier molecular flexibility index (Phi) is 4.43. The highest BCUT2D eigenvalue weighted by Crippen LogP contribution is 2.20. The molecule has 5 nitrogen and oxygen atoms in total. The molecule has 1 aliphatic heterocycles. The molecular formula is C19H19FN4O. The Morgan fingerprint density at radius 3 is 2.68 bits per heavy atom. The minimum Gasteiger partial charge on any atom is -0.444 e. The summed E-state index contributed by atoms with van der Waals surface area (Å²) in [7, 11) is 0. The number of rotatable bonds is 4. The zero-order chi connectivity index (χ0) is 17.1. The second-order valence-corrected chi connectivity index (χ2v) is 6.11. The Hall–Kier alpha value is -2.73. The summed E-state index contributed by atoms with van der Waals surface area (Å²) in [6.07, 6.45) is 3.48. The number of hydrogen-bond donors (Lipinski definition) is 0. The molecule has 2 aromatic heterocycles. The van der Waals surface area contributed by atoms with Gasteiger partial charge >= 0.3 is 0 Å². The standard InChI is InChI=1S/C19H19FN4O/c20-16-5-3-4-15(12-16)19-22-17(14-25-19)13-23-8-10-24(11-9-23)18-6-1-2-7-21-18/h1-7,12,14H,8-11,13H2. The molecule has 1 fully saturated rings. The minimum absolute atomic E-state index is 0.289. The summed E-state index contributed by atoms with van der Waals surface area (Å²) in [5.74, 6) is 1.20. The largest absolute Gasteiger partial charge is 0.444 e. The molecule has 1 aromatic carbocycles. The number of oxazole rings is 1. The van der Waals surface area contributed by atoms with Gasteiger partial charge in [0.2, 0.25) is 5.89 Å². The van der Waals surface area contributed by atoms with Crippen LogP contribution in [0, 0.1) is 5.82 Å². The monoisotopic (exact) mass is 338 g/mol. The second kappa shape index (κ2) is 7.03. The fraction of sp³-hybridized carbons (Fsp3) is 0.263. The Morgan fingerprint density at radius 2 is 1.92 bits per heavy atom. The maximum absolute atomic E-state index is 13.3. The van der Waals surface area contributed by atoms with Crippen molar-refractivity contribution < 1.29 is 8.81 Å². The number of piperazine rings is 1. The van der Waals surface area contributed by atoms with Crippen LogP contribution in [-0.4, -0.2) is 41.0 Å². The molecule has 0 unspecified atom stereocenters. The van der Waals surface area contributed by atoms with Crippen molar-refractivity contribution in [3.63, 3.8) is 0 Å². The predicted molar refractivity (Wildman–Crippen MR) is 93.6 cm³/mol. The second-order valence-electron chi connectivity index (χ2n) is 6.11. The van der Waals surface area contributed by atoms with Crippen molar-refractivity contribution >= 4 is 5.82 Å². The lowest BCUT2D eigenvalue weighted by Crippen LogP contribution is -2.46. The van der Waals surface area contributed by atoms with E-state index in [0.717, 1.165) is 44.2 Å². The first-order valence-electron chi connectivity index (χ1n) is 8.36. The molecule has 25 heavy (non-hydrogen) atoms. The van der Waals surface area contributed by atoms with Gasteiger partial charge in [-0.3, -0.25) is 4.90 Å². The third kappa shape index (κ3) is 3.69. The third-order valence-electron chi connectivity index (χ3n) is 4.35. The summed E-state index contributed by atoms with van der Waals surface area (Å²) < 4.78 is 18.8. The number of hydrogen-bond acceptors (Lipinski definition) is 5. The van der Waals surface area contributed by atoms with E-state index in [9.17, 15) is 4.39 Å². The zero-order valence-corrected chi connectivity index (χ0v) is 13.8. The van der Waals surface area contributed by atoms with Crippen molar-refractivity contribution in [1.29, 1.82) is 0 Å². The summed E-state index contributed by atoms with van der Waals surface area (Å²) in [6, 6.07) is 12.3. The third-order valence-corrected chi connectivity index (χ3v) is 4.35. The highest BCUT2D eigenvalue weighted by molar-refractivity contribution is 5.52. The molecule has 3 aromatic rings. The maximum atomic E-state index is 13.3. The van der Waals surface area contributed by atoms with Crippen LogP contribution in [0.5, 0.6) is 0 Å². The molecule has 128 valence electrons. The van der Waals surface area contributed by atoms with Gasteiger partial charge < -0.3 is 9.32 Å². The van der Waals surface area contributed by atoms with Gasteiger partial charge in [0, 0.05) is 44.5 Å². The Bertz CT molecular complexity index is 828. The topological polar surface area (TPSA) is 45.4 Å². The van der Waals surface area contributed by atoms with Crippen LogP contribution in [0.25, 0.3) is 11.5 Å². The molecule has 4 rings (SSSR count). The number of aromatic nitrogens is 2. The number of pyridine rings is 1. The SMILES string of the molecule is Fc1cccc(-c2nc(CN3CCN(c4ccccn4)CC3)co2)c1. The van der Waals surface area contributed by atoms with Crippen LogP contribution >= 0.6 is 0 Å². The van der Waals surface area contributed by atoms with Gasteiger partial charge in [0.1, 0.15) is 17.9 Å². The van der Waals surface area contributed by atoms with Crippen LogP contribution in [0.1, 0.15) is 5.69 Å². The zero-order valence-electron chi connectivity index (χ0n) is 13.8.